The highest BCUT2D eigenvalue weighted by atomic mass is 14.2. The minimum atomic E-state index is 0.905. The third-order valence-electron chi connectivity index (χ3n) is 0.614. The first-order chi connectivity index (χ1) is 3.31. The monoisotopic (exact) mass is 93.1 g/mol. The van der Waals surface area contributed by atoms with Crippen LogP contribution in [0.3, 0.4) is 0 Å². The quantitative estimate of drug-likeness (QED) is 0.357. The van der Waals surface area contributed by atoms with Gasteiger partial charge in [-0.3, -0.25) is 0 Å². The summed E-state index contributed by atoms with van der Waals surface area (Å²) < 4.78 is 0. The lowest BCUT2D eigenvalue weighted by atomic mass is 10.3. The van der Waals surface area contributed by atoms with Crippen LogP contribution >= 0.6 is 0 Å². The molecule has 0 amide bonds. The predicted octanol–water partition coefficient (Wildman–Crippen LogP) is 1.64. The van der Waals surface area contributed by atoms with Gasteiger partial charge in [0.05, 0.1) is 6.07 Å². The molecule has 0 aromatic carbocycles. The van der Waals surface area contributed by atoms with E-state index in [1.54, 1.807) is 6.08 Å². The average molecular weight is 93.1 g/mol. The average Bonchev–Trinajstić information content (AvgIpc) is 1.68. The zero-order valence-electron chi connectivity index (χ0n) is 4.31. The minimum Gasteiger partial charge on any atom is -0.193 e. The molecule has 7 heavy (non-hydrogen) atoms. The third-order valence-corrected chi connectivity index (χ3v) is 0.614. The summed E-state index contributed by atoms with van der Waals surface area (Å²) in [6.07, 6.45) is 3.09. The molecule has 0 saturated heterocycles. The van der Waals surface area contributed by atoms with E-state index in [0.29, 0.717) is 0 Å². The third kappa shape index (κ3) is 2.78. The minimum absolute atomic E-state index is 0.905. The van der Waals surface area contributed by atoms with Crippen LogP contribution in [-0.4, -0.2) is 0 Å². The van der Waals surface area contributed by atoms with Crippen LogP contribution in [0.4, 0.5) is 0 Å². The maximum absolute atomic E-state index is 7.99. The second-order valence-electron chi connectivity index (χ2n) is 1.22. The highest BCUT2D eigenvalue weighted by Gasteiger charge is 1.71. The van der Waals surface area contributed by atoms with Crippen LogP contribution in [0.1, 0.15) is 6.92 Å². The van der Waals surface area contributed by atoms with Gasteiger partial charge in [-0.15, -0.1) is 0 Å². The Hall–Kier alpha value is -1.03. The Bertz CT molecular complexity index is 126. The van der Waals surface area contributed by atoms with Crippen molar-refractivity contribution in [1.29, 1.82) is 5.26 Å². The van der Waals surface area contributed by atoms with Gasteiger partial charge in [0, 0.05) is 6.08 Å². The van der Waals surface area contributed by atoms with Gasteiger partial charge in [-0.05, 0) is 12.5 Å². The second kappa shape index (κ2) is 3.17. The normalized spacial score (nSPS) is 10.0. The zero-order valence-corrected chi connectivity index (χ0v) is 4.31. The fraction of sp³-hybridized carbons (Fsp3) is 0.167. The molecule has 0 rings (SSSR count). The summed E-state index contributed by atoms with van der Waals surface area (Å²) in [5.41, 5.74) is 0.905. The van der Waals surface area contributed by atoms with Gasteiger partial charge in [-0.1, -0.05) is 12.7 Å². The largest absolute Gasteiger partial charge is 0.193 e. The maximum atomic E-state index is 7.99. The van der Waals surface area contributed by atoms with Crippen LogP contribution in [0.15, 0.2) is 24.3 Å². The van der Waals surface area contributed by atoms with E-state index < -0.39 is 0 Å². The summed E-state index contributed by atoms with van der Waals surface area (Å²) >= 11 is 0. The van der Waals surface area contributed by atoms with E-state index in [4.69, 9.17) is 5.26 Å². The lowest BCUT2D eigenvalue weighted by Crippen LogP contribution is -1.59. The summed E-state index contributed by atoms with van der Waals surface area (Å²) in [6.45, 7) is 5.29. The summed E-state index contributed by atoms with van der Waals surface area (Å²) in [5.74, 6) is 0. The van der Waals surface area contributed by atoms with Crippen LogP contribution in [0.2, 0.25) is 0 Å². The van der Waals surface area contributed by atoms with Gasteiger partial charge in [-0.2, -0.15) is 5.26 Å². The molecule has 0 N–H and O–H groups in total. The topological polar surface area (TPSA) is 23.8 Å². The van der Waals surface area contributed by atoms with Gasteiger partial charge in [0.1, 0.15) is 0 Å². The molecule has 0 aliphatic heterocycles. The van der Waals surface area contributed by atoms with E-state index in [1.807, 2.05) is 13.0 Å². The Kier molecular flexibility index (Phi) is 2.70. The number of allylic oxidation sites excluding steroid dienone is 3. The number of rotatable bonds is 1. The summed E-state index contributed by atoms with van der Waals surface area (Å²) in [7, 11) is 0. The van der Waals surface area contributed by atoms with Crippen molar-refractivity contribution >= 4 is 0 Å². The van der Waals surface area contributed by atoms with E-state index in [2.05, 4.69) is 6.58 Å². The molecule has 0 aliphatic rings. The molecule has 0 spiro atoms. The highest BCUT2D eigenvalue weighted by Crippen LogP contribution is 1.88. The molecule has 36 valence electrons. The molecule has 0 aromatic rings. The van der Waals surface area contributed by atoms with Crippen molar-refractivity contribution in [3.05, 3.63) is 24.3 Å². The summed E-state index contributed by atoms with van der Waals surface area (Å²) in [6, 6.07) is 1.89. The zero-order chi connectivity index (χ0) is 5.70. The Morgan fingerprint density at radius 1 is 1.86 bits per heavy atom. The van der Waals surface area contributed by atoms with Crippen molar-refractivity contribution in [2.45, 2.75) is 6.92 Å². The van der Waals surface area contributed by atoms with Gasteiger partial charge < -0.3 is 0 Å². The molecule has 0 radical (unpaired) electrons. The van der Waals surface area contributed by atoms with Crippen LogP contribution in [0.25, 0.3) is 0 Å². The molecular weight excluding hydrogens is 86.1 g/mol. The van der Waals surface area contributed by atoms with Gasteiger partial charge >= 0.3 is 0 Å². The maximum Gasteiger partial charge on any atom is 0.0914 e. The van der Waals surface area contributed by atoms with E-state index in [1.165, 1.54) is 6.08 Å². The fourth-order valence-corrected chi connectivity index (χ4v) is 0.161. The Balaban J connectivity index is 3.80. The van der Waals surface area contributed by atoms with E-state index in [9.17, 15) is 0 Å². The summed E-state index contributed by atoms with van der Waals surface area (Å²) in [5, 5.41) is 7.99. The van der Waals surface area contributed by atoms with Crippen LogP contribution < -0.4 is 0 Å². The molecule has 0 aliphatic carbocycles. The van der Waals surface area contributed by atoms with Crippen molar-refractivity contribution in [2.75, 3.05) is 0 Å². The van der Waals surface area contributed by atoms with Crippen molar-refractivity contribution in [1.82, 2.24) is 0 Å². The van der Waals surface area contributed by atoms with E-state index in [-0.39, 0.29) is 0 Å². The molecule has 0 atom stereocenters. The molecule has 0 heterocycles. The lowest BCUT2D eigenvalue weighted by Gasteiger charge is -1.76. The van der Waals surface area contributed by atoms with E-state index >= 15 is 0 Å². The summed E-state index contributed by atoms with van der Waals surface area (Å²) in [4.78, 5) is 0. The molecule has 0 fully saturated rings. The molecule has 0 aromatic heterocycles. The second-order valence-corrected chi connectivity index (χ2v) is 1.22. The van der Waals surface area contributed by atoms with Crippen LogP contribution in [0, 0.1) is 11.3 Å². The van der Waals surface area contributed by atoms with E-state index in [0.717, 1.165) is 5.57 Å². The van der Waals surface area contributed by atoms with Crippen molar-refractivity contribution in [3.63, 3.8) is 0 Å². The number of hydrogen-bond acceptors (Lipinski definition) is 1. The Labute approximate surface area is 43.6 Å². The molecule has 0 saturated carbocycles. The molecule has 0 unspecified atom stereocenters. The van der Waals surface area contributed by atoms with Gasteiger partial charge in [0.15, 0.2) is 0 Å². The predicted molar refractivity (Wildman–Crippen MR) is 29.6 cm³/mol. The number of nitriles is 1. The molecule has 1 heteroatoms. The standard InChI is InChI=1S/C6H7N/c1-3-6(2)4-5-7/h3-4H,1H2,2H3. The van der Waals surface area contributed by atoms with Crippen LogP contribution in [0.5, 0.6) is 0 Å². The number of hydrogen-bond donors (Lipinski definition) is 0. The number of nitrogens with zero attached hydrogens (tertiary/aromatic N) is 1. The Morgan fingerprint density at radius 3 is 2.57 bits per heavy atom. The lowest BCUT2D eigenvalue weighted by molar-refractivity contribution is 1.49. The van der Waals surface area contributed by atoms with Crippen molar-refractivity contribution in [3.8, 4) is 6.07 Å². The first-order valence-corrected chi connectivity index (χ1v) is 2.00. The van der Waals surface area contributed by atoms with Gasteiger partial charge in [0.2, 0.25) is 0 Å². The SMILES string of the molecule is C=CC(C)=CC#N. The fourth-order valence-electron chi connectivity index (χ4n) is 0.161. The molecule has 1 nitrogen and oxygen atoms in total. The first-order valence-electron chi connectivity index (χ1n) is 2.00. The highest BCUT2D eigenvalue weighted by molar-refractivity contribution is 5.20. The first kappa shape index (κ1) is 5.97. The van der Waals surface area contributed by atoms with Crippen molar-refractivity contribution < 1.29 is 0 Å². The van der Waals surface area contributed by atoms with Crippen LogP contribution in [-0.2, 0) is 0 Å². The smallest absolute Gasteiger partial charge is 0.0914 e. The molecular formula is C6H7N. The van der Waals surface area contributed by atoms with Gasteiger partial charge in [0.25, 0.3) is 0 Å². The Morgan fingerprint density at radius 2 is 2.43 bits per heavy atom. The van der Waals surface area contributed by atoms with Gasteiger partial charge in [-0.25, -0.2) is 0 Å². The van der Waals surface area contributed by atoms with Crippen molar-refractivity contribution in [2.24, 2.45) is 0 Å². The molecule has 0 bridgehead atoms.